The lowest BCUT2D eigenvalue weighted by Crippen LogP contribution is -2.17. The van der Waals surface area contributed by atoms with Crippen LogP contribution in [0.1, 0.15) is 46.0 Å². The van der Waals surface area contributed by atoms with Crippen molar-refractivity contribution < 1.29 is 33.4 Å². The zero-order valence-corrected chi connectivity index (χ0v) is 20.9. The second kappa shape index (κ2) is 10.2. The molecule has 4 rings (SSSR count). The minimum atomic E-state index is -1.53. The first-order chi connectivity index (χ1) is 17.5. The van der Waals surface area contributed by atoms with Crippen LogP contribution in [-0.4, -0.2) is 50.3 Å². The number of ether oxygens (including phenoxy) is 2. The molecule has 1 aliphatic carbocycles. The van der Waals surface area contributed by atoms with Gasteiger partial charge in [0.05, 0.1) is 34.3 Å². The van der Waals surface area contributed by atoms with Crippen molar-refractivity contribution in [2.75, 3.05) is 6.61 Å². The van der Waals surface area contributed by atoms with Crippen molar-refractivity contribution >= 4 is 40.9 Å². The normalized spacial score (nSPS) is 12.6. The van der Waals surface area contributed by atoms with E-state index >= 15 is 4.39 Å². The van der Waals surface area contributed by atoms with Gasteiger partial charge < -0.3 is 14.6 Å². The Labute approximate surface area is 219 Å². The third-order valence-electron chi connectivity index (χ3n) is 5.46. The Morgan fingerprint density at radius 1 is 1.30 bits per heavy atom. The smallest absolute Gasteiger partial charge is 0.339 e. The first-order valence-corrected chi connectivity index (χ1v) is 11.5. The largest absolute Gasteiger partial charge is 0.489 e. The van der Waals surface area contributed by atoms with Gasteiger partial charge in [-0.15, -0.1) is 0 Å². The maximum Gasteiger partial charge on any atom is 0.339 e. The van der Waals surface area contributed by atoms with E-state index < -0.39 is 40.9 Å². The predicted molar refractivity (Wildman–Crippen MR) is 128 cm³/mol. The Balaban J connectivity index is 1.94. The molecule has 0 spiro atoms. The standard InChI is InChI=1S/C24H17Cl2FN4O6/c1-10(32)36-9-17(33)12-5-16(30-23(26)20(12)24(34)35)14-8-29-31(2)22(14)19-13(7-28)18(37-11-3-4-11)6-15(25)21(19)27/h5-6,8,11H,3-4,9H2,1-2H3,(H,34,35). The fourth-order valence-electron chi connectivity index (χ4n) is 3.64. The van der Waals surface area contributed by atoms with Gasteiger partial charge in [0.25, 0.3) is 0 Å². The second-order valence-corrected chi connectivity index (χ2v) is 8.87. The van der Waals surface area contributed by atoms with Crippen LogP contribution >= 0.6 is 23.2 Å². The Kier molecular flexibility index (Phi) is 7.16. The number of carbonyl (C=O) groups excluding carboxylic acids is 2. The fourth-order valence-corrected chi connectivity index (χ4v) is 4.10. The Morgan fingerprint density at radius 2 is 2.00 bits per heavy atom. The summed E-state index contributed by atoms with van der Waals surface area (Å²) in [4.78, 5) is 39.8. The number of nitrogens with zero attached hydrogens (tertiary/aromatic N) is 4. The molecule has 1 N–H and O–H groups in total. The Hall–Kier alpha value is -4.01. The highest BCUT2D eigenvalue weighted by Gasteiger charge is 2.31. The van der Waals surface area contributed by atoms with Crippen LogP contribution in [0.4, 0.5) is 4.39 Å². The number of carboxylic acid groups (broad SMARTS) is 1. The van der Waals surface area contributed by atoms with Crippen LogP contribution < -0.4 is 4.74 Å². The number of Topliss-reactive ketones (excluding diaryl/α,β-unsaturated/α-hetero) is 1. The van der Waals surface area contributed by atoms with E-state index in [1.807, 2.05) is 6.07 Å². The van der Waals surface area contributed by atoms with Crippen molar-refractivity contribution in [3.8, 4) is 34.3 Å². The van der Waals surface area contributed by atoms with Crippen LogP contribution in [0.2, 0.25) is 10.2 Å². The topological polar surface area (TPSA) is 144 Å². The molecule has 0 saturated heterocycles. The number of carbonyl (C=O) groups is 3. The first-order valence-electron chi connectivity index (χ1n) is 10.7. The Bertz CT molecular complexity index is 1510. The number of halogens is 3. The molecule has 3 aromatic rings. The average Bonchev–Trinajstić information content (AvgIpc) is 3.57. The highest BCUT2D eigenvalue weighted by Crippen LogP contribution is 2.42. The van der Waals surface area contributed by atoms with Crippen molar-refractivity contribution in [3.63, 3.8) is 0 Å². The number of aromatic nitrogens is 3. The van der Waals surface area contributed by atoms with Crippen LogP contribution in [0, 0.1) is 17.1 Å². The minimum absolute atomic E-state index is 0.0443. The summed E-state index contributed by atoms with van der Waals surface area (Å²) >= 11 is 12.3. The summed E-state index contributed by atoms with van der Waals surface area (Å²) in [6.45, 7) is 0.352. The quantitative estimate of drug-likeness (QED) is 0.246. The zero-order valence-electron chi connectivity index (χ0n) is 19.3. The molecule has 1 aliphatic rings. The van der Waals surface area contributed by atoms with E-state index in [0.717, 1.165) is 25.8 Å². The number of benzene rings is 1. The molecule has 190 valence electrons. The lowest BCUT2D eigenvalue weighted by Gasteiger charge is -2.15. The summed E-state index contributed by atoms with van der Waals surface area (Å²) in [7, 11) is 1.49. The molecule has 2 heterocycles. The van der Waals surface area contributed by atoms with Crippen LogP contribution in [0.25, 0.3) is 22.5 Å². The maximum atomic E-state index is 15.4. The van der Waals surface area contributed by atoms with Gasteiger partial charge in [-0.1, -0.05) is 23.2 Å². The SMILES string of the molecule is CC(=O)OCC(=O)c1cc(-c2cnn(C)c2-c2c(F)c(Cl)cc(OC3CC3)c2C#N)nc(Cl)c1C(=O)O. The molecular formula is C24H17Cl2FN4O6. The molecule has 1 saturated carbocycles. The Morgan fingerprint density at radius 3 is 2.59 bits per heavy atom. The molecule has 13 heteroatoms. The van der Waals surface area contributed by atoms with Crippen LogP contribution in [0.3, 0.4) is 0 Å². The van der Waals surface area contributed by atoms with Crippen LogP contribution in [-0.2, 0) is 16.6 Å². The lowest BCUT2D eigenvalue weighted by atomic mass is 9.97. The van der Waals surface area contributed by atoms with Gasteiger partial charge in [0.15, 0.2) is 12.4 Å². The van der Waals surface area contributed by atoms with E-state index in [0.29, 0.717) is 0 Å². The van der Waals surface area contributed by atoms with Crippen LogP contribution in [0.5, 0.6) is 5.75 Å². The molecule has 37 heavy (non-hydrogen) atoms. The fraction of sp³-hybridized carbons (Fsp3) is 0.250. The molecule has 0 aliphatic heterocycles. The minimum Gasteiger partial charge on any atom is -0.489 e. The van der Waals surface area contributed by atoms with Gasteiger partial charge in [0.2, 0.25) is 5.78 Å². The molecule has 10 nitrogen and oxygen atoms in total. The van der Waals surface area contributed by atoms with E-state index in [2.05, 4.69) is 10.1 Å². The number of hydrogen-bond acceptors (Lipinski definition) is 8. The number of nitriles is 1. The third-order valence-corrected chi connectivity index (χ3v) is 6.01. The molecule has 1 fully saturated rings. The zero-order chi connectivity index (χ0) is 27.0. The maximum absolute atomic E-state index is 15.4. The summed E-state index contributed by atoms with van der Waals surface area (Å²) in [6, 6.07) is 4.32. The van der Waals surface area contributed by atoms with Gasteiger partial charge in [-0.3, -0.25) is 14.3 Å². The molecular weight excluding hydrogens is 530 g/mol. The van der Waals surface area contributed by atoms with Crippen molar-refractivity contribution in [1.82, 2.24) is 14.8 Å². The highest BCUT2D eigenvalue weighted by atomic mass is 35.5. The molecule has 0 radical (unpaired) electrons. The number of aromatic carboxylic acids is 1. The second-order valence-electron chi connectivity index (χ2n) is 8.11. The molecule has 0 atom stereocenters. The van der Waals surface area contributed by atoms with Gasteiger partial charge in [-0.25, -0.2) is 14.2 Å². The van der Waals surface area contributed by atoms with Crippen molar-refractivity contribution in [3.05, 3.63) is 51.0 Å². The molecule has 2 aromatic heterocycles. The van der Waals surface area contributed by atoms with Crippen LogP contribution in [0.15, 0.2) is 18.3 Å². The summed E-state index contributed by atoms with van der Waals surface area (Å²) < 4.78 is 27.2. The van der Waals surface area contributed by atoms with E-state index in [-0.39, 0.29) is 50.5 Å². The highest BCUT2D eigenvalue weighted by molar-refractivity contribution is 6.33. The number of aryl methyl sites for hydroxylation is 1. The van der Waals surface area contributed by atoms with Gasteiger partial charge in [-0.05, 0) is 18.9 Å². The van der Waals surface area contributed by atoms with Gasteiger partial charge in [0.1, 0.15) is 28.1 Å². The summed E-state index contributed by atoms with van der Waals surface area (Å²) in [5.41, 5.74) is -1.19. The van der Waals surface area contributed by atoms with Crippen molar-refractivity contribution in [2.45, 2.75) is 25.9 Å². The summed E-state index contributed by atoms with van der Waals surface area (Å²) in [5, 5.41) is 22.8. The third kappa shape index (κ3) is 5.12. The number of carboxylic acids is 1. The summed E-state index contributed by atoms with van der Waals surface area (Å²) in [6.07, 6.45) is 2.75. The average molecular weight is 547 g/mol. The predicted octanol–water partition coefficient (Wildman–Crippen LogP) is 4.45. The summed E-state index contributed by atoms with van der Waals surface area (Å²) in [5.74, 6) is -3.94. The van der Waals surface area contributed by atoms with Crippen molar-refractivity contribution in [2.24, 2.45) is 7.05 Å². The van der Waals surface area contributed by atoms with E-state index in [4.69, 9.17) is 32.7 Å². The van der Waals surface area contributed by atoms with E-state index in [9.17, 15) is 24.8 Å². The number of rotatable bonds is 8. The number of hydrogen-bond donors (Lipinski definition) is 1. The first kappa shape index (κ1) is 26.1. The van der Waals surface area contributed by atoms with Gasteiger partial charge in [0, 0.05) is 31.2 Å². The number of ketones is 1. The van der Waals surface area contributed by atoms with Gasteiger partial charge >= 0.3 is 11.9 Å². The number of esters is 1. The monoisotopic (exact) mass is 546 g/mol. The van der Waals surface area contributed by atoms with Gasteiger partial charge in [-0.2, -0.15) is 10.4 Å². The number of pyridine rings is 1. The van der Waals surface area contributed by atoms with Crippen molar-refractivity contribution in [1.29, 1.82) is 5.26 Å². The van der Waals surface area contributed by atoms with E-state index in [1.54, 1.807) is 0 Å². The molecule has 0 unspecified atom stereocenters. The lowest BCUT2D eigenvalue weighted by molar-refractivity contribution is -0.139. The van der Waals surface area contributed by atoms with E-state index in [1.165, 1.54) is 24.0 Å². The molecule has 0 bridgehead atoms. The molecule has 0 amide bonds. The molecule has 1 aromatic carbocycles.